The summed E-state index contributed by atoms with van der Waals surface area (Å²) < 4.78 is 5.99. The number of fused-ring (bicyclic) bond motifs is 6. The number of hydrogen-bond donors (Lipinski definition) is 1. The standard InChI is InChI=1S/C24H40N2O2/c1-23-7-6-17-16(5-4-15-12-20-21(28-20)14-24(15,17)2)18(23)13-19(22(23)27)26-10-8-25(3)9-11-26/h15-22,27H,4-14H2,1-3H3/t15-,16+,17-,18-,19-,20-,21+,22-,23-,24-/m0/s1. The van der Waals surface area contributed by atoms with Crippen molar-refractivity contribution in [3.63, 3.8) is 0 Å². The molecule has 28 heavy (non-hydrogen) atoms. The number of aliphatic hydroxyl groups is 1. The fraction of sp³-hybridized carbons (Fsp3) is 1.00. The third-order valence-corrected chi connectivity index (χ3v) is 10.9. The minimum Gasteiger partial charge on any atom is -0.391 e. The van der Waals surface area contributed by atoms with Gasteiger partial charge in [0.1, 0.15) is 0 Å². The SMILES string of the molecule is CN1CCN([C@H]2C[C@H]3[C@@H]4CC[C@H]5C[C@@H]6O[C@@H]6C[C@]5(C)[C@H]4CC[C@]3(C)[C@H]2O)CC1. The lowest BCUT2D eigenvalue weighted by Crippen LogP contribution is -2.55. The first-order valence-corrected chi connectivity index (χ1v) is 12.2. The van der Waals surface area contributed by atoms with E-state index in [0.717, 1.165) is 49.9 Å². The predicted molar refractivity (Wildman–Crippen MR) is 110 cm³/mol. The van der Waals surface area contributed by atoms with Gasteiger partial charge in [0.25, 0.3) is 0 Å². The molecular weight excluding hydrogens is 348 g/mol. The molecule has 2 saturated heterocycles. The van der Waals surface area contributed by atoms with E-state index in [-0.39, 0.29) is 11.5 Å². The molecule has 0 radical (unpaired) electrons. The van der Waals surface area contributed by atoms with Gasteiger partial charge in [0.2, 0.25) is 0 Å². The molecule has 2 heterocycles. The largest absolute Gasteiger partial charge is 0.391 e. The van der Waals surface area contributed by atoms with Gasteiger partial charge >= 0.3 is 0 Å². The second-order valence-corrected chi connectivity index (χ2v) is 11.9. The first-order valence-electron chi connectivity index (χ1n) is 12.2. The van der Waals surface area contributed by atoms with E-state index in [9.17, 15) is 5.11 Å². The van der Waals surface area contributed by atoms with Crippen LogP contribution >= 0.6 is 0 Å². The van der Waals surface area contributed by atoms with Crippen LogP contribution in [0.2, 0.25) is 0 Å². The van der Waals surface area contributed by atoms with Crippen LogP contribution in [0.4, 0.5) is 0 Å². The number of likely N-dealkylation sites (N-methyl/N-ethyl adjacent to an activating group) is 1. The van der Waals surface area contributed by atoms with Crippen LogP contribution in [0, 0.1) is 34.5 Å². The van der Waals surface area contributed by atoms with E-state index < -0.39 is 0 Å². The molecule has 1 N–H and O–H groups in total. The zero-order valence-electron chi connectivity index (χ0n) is 18.1. The van der Waals surface area contributed by atoms with Gasteiger partial charge < -0.3 is 14.7 Å². The highest BCUT2D eigenvalue weighted by Crippen LogP contribution is 2.68. The molecule has 2 aliphatic heterocycles. The monoisotopic (exact) mass is 388 g/mol. The summed E-state index contributed by atoms with van der Waals surface area (Å²) in [6, 6.07) is 0.399. The molecule has 4 heteroatoms. The van der Waals surface area contributed by atoms with Crippen molar-refractivity contribution in [3.05, 3.63) is 0 Å². The lowest BCUT2D eigenvalue weighted by atomic mass is 9.45. The number of hydrogen-bond acceptors (Lipinski definition) is 4. The molecule has 0 aromatic carbocycles. The van der Waals surface area contributed by atoms with Crippen molar-refractivity contribution in [1.82, 2.24) is 9.80 Å². The topological polar surface area (TPSA) is 39.2 Å². The maximum atomic E-state index is 11.5. The zero-order chi connectivity index (χ0) is 19.3. The molecule has 10 atom stereocenters. The van der Waals surface area contributed by atoms with Crippen LogP contribution in [0.15, 0.2) is 0 Å². The Kier molecular flexibility index (Phi) is 4.11. The fourth-order valence-electron chi connectivity index (χ4n) is 9.01. The summed E-state index contributed by atoms with van der Waals surface area (Å²) in [5, 5.41) is 11.5. The van der Waals surface area contributed by atoms with E-state index in [2.05, 4.69) is 30.7 Å². The highest BCUT2D eigenvalue weighted by atomic mass is 16.6. The zero-order valence-corrected chi connectivity index (χ0v) is 18.1. The van der Waals surface area contributed by atoms with E-state index >= 15 is 0 Å². The predicted octanol–water partition coefficient (Wildman–Crippen LogP) is 2.99. The van der Waals surface area contributed by atoms with Crippen molar-refractivity contribution in [3.8, 4) is 0 Å². The summed E-state index contributed by atoms with van der Waals surface area (Å²) in [6.45, 7) is 9.64. The van der Waals surface area contributed by atoms with Gasteiger partial charge in [0, 0.05) is 32.2 Å². The van der Waals surface area contributed by atoms with Gasteiger partial charge in [-0.25, -0.2) is 0 Å². The highest BCUT2D eigenvalue weighted by Gasteiger charge is 2.65. The number of piperazine rings is 1. The summed E-state index contributed by atoms with van der Waals surface area (Å²) in [7, 11) is 2.23. The van der Waals surface area contributed by atoms with Crippen molar-refractivity contribution in [2.45, 2.75) is 83.1 Å². The van der Waals surface area contributed by atoms with E-state index in [1.54, 1.807) is 0 Å². The van der Waals surface area contributed by atoms with Crippen LogP contribution in [0.1, 0.15) is 58.8 Å². The van der Waals surface area contributed by atoms with Gasteiger partial charge in [-0.15, -0.1) is 0 Å². The summed E-state index contributed by atoms with van der Waals surface area (Å²) in [5.74, 6) is 3.32. The molecule has 6 fully saturated rings. The molecular formula is C24H40N2O2. The molecule has 6 aliphatic rings. The molecule has 0 aromatic rings. The maximum absolute atomic E-state index is 11.5. The second-order valence-electron chi connectivity index (χ2n) is 11.9. The minimum absolute atomic E-state index is 0.130. The lowest BCUT2D eigenvalue weighted by molar-refractivity contribution is -0.119. The van der Waals surface area contributed by atoms with Crippen LogP contribution in [0.3, 0.4) is 0 Å². The Bertz CT molecular complexity index is 634. The van der Waals surface area contributed by atoms with Gasteiger partial charge in [-0.1, -0.05) is 13.8 Å². The van der Waals surface area contributed by atoms with Crippen molar-refractivity contribution in [2.75, 3.05) is 33.2 Å². The van der Waals surface area contributed by atoms with Crippen LogP contribution in [-0.4, -0.2) is 72.5 Å². The number of nitrogens with zero attached hydrogens (tertiary/aromatic N) is 2. The normalized spacial score (nSPS) is 59.1. The van der Waals surface area contributed by atoms with Crippen molar-refractivity contribution < 1.29 is 9.84 Å². The second kappa shape index (κ2) is 6.18. The Balaban J connectivity index is 1.25. The molecule has 0 unspecified atom stereocenters. The Labute approximate surface area is 171 Å². The van der Waals surface area contributed by atoms with E-state index in [4.69, 9.17) is 4.74 Å². The molecule has 0 spiro atoms. The van der Waals surface area contributed by atoms with Gasteiger partial charge in [-0.3, -0.25) is 4.90 Å². The number of aliphatic hydroxyl groups excluding tert-OH is 1. The average molecular weight is 389 g/mol. The van der Waals surface area contributed by atoms with Crippen molar-refractivity contribution in [2.24, 2.45) is 34.5 Å². The van der Waals surface area contributed by atoms with E-state index in [1.807, 2.05) is 0 Å². The number of rotatable bonds is 1. The van der Waals surface area contributed by atoms with Crippen LogP contribution < -0.4 is 0 Å². The summed E-state index contributed by atoms with van der Waals surface area (Å²) in [6.07, 6.45) is 10.4. The molecule has 4 nitrogen and oxygen atoms in total. The van der Waals surface area contributed by atoms with Crippen molar-refractivity contribution in [1.29, 1.82) is 0 Å². The lowest BCUT2D eigenvalue weighted by Gasteiger charge is -2.59. The Hall–Kier alpha value is -0.160. The van der Waals surface area contributed by atoms with Gasteiger partial charge in [-0.2, -0.15) is 0 Å². The third-order valence-electron chi connectivity index (χ3n) is 10.9. The quantitative estimate of drug-likeness (QED) is 0.701. The number of ether oxygens (including phenoxy) is 1. The molecule has 4 saturated carbocycles. The van der Waals surface area contributed by atoms with Gasteiger partial charge in [-0.05, 0) is 86.5 Å². The van der Waals surface area contributed by atoms with Crippen LogP contribution in [-0.2, 0) is 4.74 Å². The minimum atomic E-state index is -0.130. The first-order chi connectivity index (χ1) is 13.4. The van der Waals surface area contributed by atoms with Gasteiger partial charge in [0.15, 0.2) is 0 Å². The molecule has 0 bridgehead atoms. The summed E-state index contributed by atoms with van der Waals surface area (Å²) in [5.41, 5.74) is 0.643. The van der Waals surface area contributed by atoms with Crippen LogP contribution in [0.5, 0.6) is 0 Å². The van der Waals surface area contributed by atoms with E-state index in [1.165, 1.54) is 44.9 Å². The molecule has 158 valence electrons. The van der Waals surface area contributed by atoms with Crippen LogP contribution in [0.25, 0.3) is 0 Å². The Morgan fingerprint density at radius 2 is 1.68 bits per heavy atom. The molecule has 4 aliphatic carbocycles. The van der Waals surface area contributed by atoms with Gasteiger partial charge in [0.05, 0.1) is 18.3 Å². The average Bonchev–Trinajstić information content (AvgIpc) is 3.36. The highest BCUT2D eigenvalue weighted by molar-refractivity contribution is 5.15. The molecule has 0 aromatic heterocycles. The van der Waals surface area contributed by atoms with Crippen molar-refractivity contribution >= 4 is 0 Å². The smallest absolute Gasteiger partial charge is 0.0847 e. The third kappa shape index (κ3) is 2.50. The summed E-state index contributed by atoms with van der Waals surface area (Å²) >= 11 is 0. The first kappa shape index (κ1) is 18.6. The van der Waals surface area contributed by atoms with E-state index in [0.29, 0.717) is 23.7 Å². The number of epoxide rings is 1. The Morgan fingerprint density at radius 3 is 2.46 bits per heavy atom. The fourth-order valence-corrected chi connectivity index (χ4v) is 9.01. The Morgan fingerprint density at radius 1 is 0.893 bits per heavy atom. The summed E-state index contributed by atoms with van der Waals surface area (Å²) in [4.78, 5) is 5.07. The molecule has 6 rings (SSSR count). The molecule has 0 amide bonds. The maximum Gasteiger partial charge on any atom is 0.0847 e.